The average Bonchev–Trinajstić information content (AvgIpc) is 3.31. The van der Waals surface area contributed by atoms with E-state index in [2.05, 4.69) is 14.7 Å². The molecule has 15 heteroatoms. The first-order chi connectivity index (χ1) is 16.9. The van der Waals surface area contributed by atoms with Gasteiger partial charge in [-0.05, 0) is 24.7 Å². The van der Waals surface area contributed by atoms with Gasteiger partial charge in [-0.3, -0.25) is 4.72 Å². The van der Waals surface area contributed by atoms with Crippen LogP contribution in [0.4, 0.5) is 32.8 Å². The van der Waals surface area contributed by atoms with E-state index in [1.54, 1.807) is 11.9 Å². The molecule has 0 bridgehead atoms. The van der Waals surface area contributed by atoms with Gasteiger partial charge in [0, 0.05) is 49.0 Å². The maximum Gasteiger partial charge on any atom is 0.416 e. The van der Waals surface area contributed by atoms with Crippen molar-refractivity contribution in [1.82, 2.24) is 14.7 Å². The van der Waals surface area contributed by atoms with Crippen molar-refractivity contribution in [1.29, 1.82) is 0 Å². The van der Waals surface area contributed by atoms with E-state index < -0.39 is 50.6 Å². The van der Waals surface area contributed by atoms with E-state index in [4.69, 9.17) is 4.74 Å². The van der Waals surface area contributed by atoms with Gasteiger partial charge in [0.1, 0.15) is 23.6 Å². The minimum absolute atomic E-state index is 0.156. The minimum atomic E-state index is -4.59. The Kier molecular flexibility index (Phi) is 8.68. The molecule has 0 unspecified atom stereocenters. The maximum atomic E-state index is 15.1. The molecule has 0 aliphatic rings. The van der Waals surface area contributed by atoms with Crippen molar-refractivity contribution < 1.29 is 35.1 Å². The Morgan fingerprint density at radius 1 is 1.17 bits per heavy atom. The molecule has 3 aromatic rings. The summed E-state index contributed by atoms with van der Waals surface area (Å²) >= 11 is 0.692. The van der Waals surface area contributed by atoms with Crippen molar-refractivity contribution in [2.24, 2.45) is 0 Å². The predicted octanol–water partition coefficient (Wildman–Crippen LogP) is 4.26. The van der Waals surface area contributed by atoms with E-state index in [1.807, 2.05) is 11.6 Å². The SMILES string of the molecule is CCNCCN(C)c1cc(C(F)(F)F)ccc1COc1cc(F)cc(S(=O)(=O)Nc2ncns2)c1F. The average molecular weight is 552 g/mol. The second-order valence-corrected chi connectivity index (χ2v) is 9.90. The van der Waals surface area contributed by atoms with Crippen LogP contribution in [-0.4, -0.2) is 44.5 Å². The highest BCUT2D eigenvalue weighted by atomic mass is 32.2. The van der Waals surface area contributed by atoms with Gasteiger partial charge in [0.05, 0.1) is 5.56 Å². The van der Waals surface area contributed by atoms with Crippen LogP contribution in [0, 0.1) is 11.6 Å². The van der Waals surface area contributed by atoms with Crippen molar-refractivity contribution in [3.05, 3.63) is 59.4 Å². The summed E-state index contributed by atoms with van der Waals surface area (Å²) < 4.78 is 105. The van der Waals surface area contributed by atoms with Gasteiger partial charge >= 0.3 is 6.18 Å². The number of nitrogens with zero attached hydrogens (tertiary/aromatic N) is 3. The summed E-state index contributed by atoms with van der Waals surface area (Å²) in [5, 5.41) is 2.91. The third kappa shape index (κ3) is 6.79. The molecule has 36 heavy (non-hydrogen) atoms. The lowest BCUT2D eigenvalue weighted by molar-refractivity contribution is -0.137. The van der Waals surface area contributed by atoms with Gasteiger partial charge in [-0.1, -0.05) is 13.0 Å². The molecular weight excluding hydrogens is 529 g/mol. The summed E-state index contributed by atoms with van der Waals surface area (Å²) in [6.45, 7) is 2.95. The molecule has 3 rings (SSSR count). The first-order valence-corrected chi connectivity index (χ1v) is 12.7. The minimum Gasteiger partial charge on any atom is -0.486 e. The van der Waals surface area contributed by atoms with Crippen LogP contribution in [0.15, 0.2) is 41.6 Å². The van der Waals surface area contributed by atoms with E-state index >= 15 is 4.39 Å². The summed E-state index contributed by atoms with van der Waals surface area (Å²) in [7, 11) is -2.99. The fourth-order valence-corrected chi connectivity index (χ4v) is 4.91. The zero-order valence-corrected chi connectivity index (χ0v) is 20.7. The van der Waals surface area contributed by atoms with E-state index in [9.17, 15) is 26.0 Å². The molecule has 8 nitrogen and oxygen atoms in total. The zero-order chi connectivity index (χ0) is 26.5. The van der Waals surface area contributed by atoms with Crippen LogP contribution in [0.25, 0.3) is 0 Å². The summed E-state index contributed by atoms with van der Waals surface area (Å²) in [4.78, 5) is 4.18. The first-order valence-electron chi connectivity index (χ1n) is 10.5. The Labute approximate surface area is 208 Å². The molecule has 0 saturated carbocycles. The lowest BCUT2D eigenvalue weighted by atomic mass is 10.1. The molecule has 0 saturated heterocycles. The number of ether oxygens (including phenoxy) is 1. The largest absolute Gasteiger partial charge is 0.486 e. The standard InChI is InChI=1S/C21H22F5N5O3S2/c1-3-27-6-7-31(2)16-8-14(21(24,25)26)5-4-13(16)11-34-17-9-15(22)10-18(19(17)23)36(32,33)30-20-28-12-29-35-20/h4-5,8-10,12,27H,3,6-7,11H2,1-2H3,(H,28,29,30). The number of nitrogens with one attached hydrogen (secondary N) is 2. The zero-order valence-electron chi connectivity index (χ0n) is 19.1. The lowest BCUT2D eigenvalue weighted by Gasteiger charge is -2.24. The van der Waals surface area contributed by atoms with Crippen molar-refractivity contribution in [3.63, 3.8) is 0 Å². The van der Waals surface area contributed by atoms with Crippen LogP contribution < -0.4 is 19.7 Å². The molecule has 1 aromatic heterocycles. The van der Waals surface area contributed by atoms with Gasteiger partial charge in [-0.15, -0.1) is 0 Å². The summed E-state index contributed by atoms with van der Waals surface area (Å²) in [5.74, 6) is -3.20. The van der Waals surface area contributed by atoms with Gasteiger partial charge in [0.2, 0.25) is 5.13 Å². The Hall–Kier alpha value is -3.04. The maximum absolute atomic E-state index is 15.1. The smallest absolute Gasteiger partial charge is 0.416 e. The monoisotopic (exact) mass is 551 g/mol. The van der Waals surface area contributed by atoms with Crippen molar-refractivity contribution in [2.45, 2.75) is 24.6 Å². The summed E-state index contributed by atoms with van der Waals surface area (Å²) in [5.41, 5.74) is -0.461. The van der Waals surface area contributed by atoms with Gasteiger partial charge in [0.15, 0.2) is 11.6 Å². The highest BCUT2D eigenvalue weighted by Gasteiger charge is 2.31. The second kappa shape index (κ2) is 11.3. The number of hydrogen-bond acceptors (Lipinski definition) is 8. The first kappa shape index (κ1) is 27.5. The van der Waals surface area contributed by atoms with Crippen molar-refractivity contribution in [3.8, 4) is 5.75 Å². The molecule has 2 aromatic carbocycles. The number of alkyl halides is 3. The van der Waals surface area contributed by atoms with E-state index in [-0.39, 0.29) is 16.4 Å². The molecule has 196 valence electrons. The second-order valence-electron chi connectivity index (χ2n) is 7.47. The molecule has 0 aliphatic heterocycles. The summed E-state index contributed by atoms with van der Waals surface area (Å²) in [6.07, 6.45) is -3.51. The predicted molar refractivity (Wildman–Crippen MR) is 125 cm³/mol. The number of benzene rings is 2. The molecule has 1 heterocycles. The lowest BCUT2D eigenvalue weighted by Crippen LogP contribution is -2.30. The highest BCUT2D eigenvalue weighted by Crippen LogP contribution is 2.34. The van der Waals surface area contributed by atoms with Gasteiger partial charge in [0.25, 0.3) is 10.0 Å². The van der Waals surface area contributed by atoms with Gasteiger partial charge < -0.3 is 15.0 Å². The van der Waals surface area contributed by atoms with Gasteiger partial charge in [-0.25, -0.2) is 22.2 Å². The van der Waals surface area contributed by atoms with Crippen LogP contribution in [-0.2, 0) is 22.8 Å². The Morgan fingerprint density at radius 3 is 2.56 bits per heavy atom. The quantitative estimate of drug-likeness (QED) is 0.272. The molecule has 0 fully saturated rings. The van der Waals surface area contributed by atoms with E-state index in [0.717, 1.165) is 18.5 Å². The van der Waals surface area contributed by atoms with E-state index in [0.29, 0.717) is 43.3 Å². The van der Waals surface area contributed by atoms with Crippen LogP contribution in [0.3, 0.4) is 0 Å². The Balaban J connectivity index is 1.90. The third-order valence-electron chi connectivity index (χ3n) is 4.92. The number of likely N-dealkylation sites (N-methyl/N-ethyl adjacent to an activating group) is 2. The Morgan fingerprint density at radius 2 is 1.92 bits per heavy atom. The number of aromatic nitrogens is 2. The van der Waals surface area contributed by atoms with Crippen molar-refractivity contribution in [2.75, 3.05) is 36.3 Å². The highest BCUT2D eigenvalue weighted by molar-refractivity contribution is 7.93. The molecule has 0 aliphatic carbocycles. The van der Waals surface area contributed by atoms with Crippen LogP contribution in [0.1, 0.15) is 18.1 Å². The molecule has 0 radical (unpaired) electrons. The molecule has 0 amide bonds. The van der Waals surface area contributed by atoms with Crippen molar-refractivity contribution >= 4 is 32.4 Å². The number of anilines is 2. The van der Waals surface area contributed by atoms with Crippen LogP contribution in [0.2, 0.25) is 0 Å². The fraction of sp³-hybridized carbons (Fsp3) is 0.333. The van der Waals surface area contributed by atoms with Crippen LogP contribution in [0.5, 0.6) is 5.75 Å². The molecule has 2 N–H and O–H groups in total. The normalized spacial score (nSPS) is 12.0. The number of hydrogen-bond donors (Lipinski definition) is 2. The number of sulfonamides is 1. The van der Waals surface area contributed by atoms with Gasteiger partial charge in [-0.2, -0.15) is 17.5 Å². The molecular formula is C21H22F5N5O3S2. The Bertz CT molecular complexity index is 1290. The summed E-state index contributed by atoms with van der Waals surface area (Å²) in [6, 6.07) is 4.09. The fourth-order valence-electron chi connectivity index (χ4n) is 3.15. The topological polar surface area (TPSA) is 96.5 Å². The number of rotatable bonds is 11. The molecule has 0 atom stereocenters. The third-order valence-corrected chi connectivity index (χ3v) is 6.97. The van der Waals surface area contributed by atoms with Crippen LogP contribution >= 0.6 is 11.5 Å². The number of halogens is 5. The molecule has 0 spiro atoms. The van der Waals surface area contributed by atoms with E-state index in [1.165, 1.54) is 6.07 Å².